The number of amides is 1. The van der Waals surface area contributed by atoms with Crippen LogP contribution in [0.4, 0.5) is 0 Å². The molecule has 0 rings (SSSR count). The Morgan fingerprint density at radius 1 is 0.536 bits per heavy atom. The number of hydrogen-bond acceptors (Lipinski definition) is 6. The van der Waals surface area contributed by atoms with Crippen LogP contribution in [0.3, 0.4) is 0 Å². The van der Waals surface area contributed by atoms with Crippen molar-refractivity contribution >= 4 is 19.7 Å². The Morgan fingerprint density at radius 3 is 1.57 bits per heavy atom. The molecule has 0 aromatic rings. The molecule has 0 saturated carbocycles. The fourth-order valence-electron chi connectivity index (χ4n) is 7.18. The van der Waals surface area contributed by atoms with Gasteiger partial charge in [-0.2, -0.15) is 0 Å². The third-order valence-corrected chi connectivity index (χ3v) is 12.4. The van der Waals surface area contributed by atoms with Gasteiger partial charge < -0.3 is 19.4 Å². The van der Waals surface area contributed by atoms with E-state index in [0.29, 0.717) is 23.9 Å². The Hall–Kier alpha value is -3.33. The summed E-state index contributed by atoms with van der Waals surface area (Å²) < 4.78 is 30.5. The molecule has 2 N–H and O–H groups in total. The molecule has 3 atom stereocenters. The van der Waals surface area contributed by atoms with Gasteiger partial charge >= 0.3 is 13.8 Å². The Balaban J connectivity index is 5.51. The van der Waals surface area contributed by atoms with Gasteiger partial charge in [0.1, 0.15) is 19.3 Å². The van der Waals surface area contributed by atoms with Gasteiger partial charge in [-0.3, -0.25) is 18.6 Å². The van der Waals surface area contributed by atoms with Gasteiger partial charge in [-0.15, -0.1) is 0 Å². The van der Waals surface area contributed by atoms with Crippen molar-refractivity contribution in [1.82, 2.24) is 5.32 Å². The second-order valence-electron chi connectivity index (χ2n) is 19.1. The quantitative estimate of drug-likeness (QED) is 0.0156. The first-order valence-electron chi connectivity index (χ1n) is 27.3. The summed E-state index contributed by atoms with van der Waals surface area (Å²) in [6, 6.07) is -0.876. The highest BCUT2D eigenvalue weighted by molar-refractivity contribution is 7.47. The van der Waals surface area contributed by atoms with Crippen LogP contribution < -0.4 is 5.32 Å². The van der Waals surface area contributed by atoms with Crippen LogP contribution in [0.25, 0.3) is 0 Å². The lowest BCUT2D eigenvalue weighted by atomic mass is 10.0. The van der Waals surface area contributed by atoms with E-state index in [4.69, 9.17) is 13.8 Å². The summed E-state index contributed by atoms with van der Waals surface area (Å²) >= 11 is 0. The number of nitrogens with one attached hydrogen (secondary N) is 1. The number of carbonyl (C=O) groups is 2. The van der Waals surface area contributed by atoms with E-state index in [1.165, 1.54) is 70.6 Å². The first kappa shape index (κ1) is 65.7. The standard InChI is InChI=1S/C59H101N2O7P/c1-7-10-13-16-19-22-25-28-30-31-32-34-37-40-43-46-49-52-59(63)68-57(50-47-44-41-38-35-27-24-21-18-15-12-9-3)56(55-67-69(64,65)66-54-53-61(4,5)6)60-58(62)51-48-45-42-39-36-33-29-26-23-20-17-14-11-8-2/h10-11,13-14,16,19-20,22-23,25,28,30-32,34,37,47,50,56-57H,7-9,12,15,17-18,21,24,26-27,29,33,35-36,38-46,48-49,51-55H2,1-6H3,(H-,60,62,64,65)/p+1/b13-10-,14-11+,19-16+,23-20+,25-22+,30-28-,32-31+,37-34+,50-47+. The van der Waals surface area contributed by atoms with Gasteiger partial charge in [-0.25, -0.2) is 4.57 Å². The van der Waals surface area contributed by atoms with Crippen molar-refractivity contribution in [2.45, 2.75) is 213 Å². The molecule has 1 amide bonds. The number of carbonyl (C=O) groups excluding carboxylic acids is 2. The Bertz CT molecular complexity index is 1550. The van der Waals surface area contributed by atoms with Crippen LogP contribution in [0.2, 0.25) is 0 Å². The average Bonchev–Trinajstić information content (AvgIpc) is 3.31. The summed E-state index contributed by atoms with van der Waals surface area (Å²) in [4.78, 5) is 37.5. The maximum absolute atomic E-state index is 13.5. The molecule has 0 saturated heterocycles. The largest absolute Gasteiger partial charge is 0.472 e. The van der Waals surface area contributed by atoms with E-state index < -0.39 is 20.0 Å². The second-order valence-corrected chi connectivity index (χ2v) is 20.6. The van der Waals surface area contributed by atoms with Crippen molar-refractivity contribution in [1.29, 1.82) is 0 Å². The minimum atomic E-state index is -4.46. The second kappa shape index (κ2) is 48.3. The number of phosphoric acid groups is 1. The van der Waals surface area contributed by atoms with Gasteiger partial charge in [0.25, 0.3) is 0 Å². The van der Waals surface area contributed by atoms with Gasteiger partial charge in [0.2, 0.25) is 5.91 Å². The summed E-state index contributed by atoms with van der Waals surface area (Å²) in [7, 11) is 1.44. The van der Waals surface area contributed by atoms with Gasteiger partial charge in [0.05, 0.1) is 33.8 Å². The molecule has 3 unspecified atom stereocenters. The van der Waals surface area contributed by atoms with E-state index in [9.17, 15) is 19.0 Å². The third-order valence-electron chi connectivity index (χ3n) is 11.4. The molecule has 0 aliphatic rings. The maximum atomic E-state index is 13.5. The summed E-state index contributed by atoms with van der Waals surface area (Å²) in [6.07, 6.45) is 65.1. The Kier molecular flexibility index (Phi) is 46.0. The van der Waals surface area contributed by atoms with Crippen LogP contribution in [0.15, 0.2) is 109 Å². The monoisotopic (exact) mass is 982 g/mol. The normalized spacial score (nSPS) is 14.7. The lowest BCUT2D eigenvalue weighted by Crippen LogP contribution is -2.47. The fourth-order valence-corrected chi connectivity index (χ4v) is 7.92. The third kappa shape index (κ3) is 49.4. The topological polar surface area (TPSA) is 111 Å². The number of quaternary nitrogens is 1. The molecule has 10 heteroatoms. The predicted octanol–water partition coefficient (Wildman–Crippen LogP) is 16.2. The van der Waals surface area contributed by atoms with Gasteiger partial charge in [-0.05, 0) is 76.7 Å². The molecule has 394 valence electrons. The number of rotatable bonds is 47. The molecule has 0 heterocycles. The smallest absolute Gasteiger partial charge is 0.456 e. The van der Waals surface area contributed by atoms with Gasteiger partial charge in [-0.1, -0.05) is 220 Å². The van der Waals surface area contributed by atoms with Gasteiger partial charge in [0.15, 0.2) is 0 Å². The van der Waals surface area contributed by atoms with E-state index in [-0.39, 0.29) is 31.5 Å². The number of allylic oxidation sites excluding steroid dienone is 17. The predicted molar refractivity (Wildman–Crippen MR) is 295 cm³/mol. The molecule has 69 heavy (non-hydrogen) atoms. The van der Waals surface area contributed by atoms with E-state index in [2.05, 4.69) is 62.5 Å². The van der Waals surface area contributed by atoms with Crippen LogP contribution in [0, 0.1) is 0 Å². The van der Waals surface area contributed by atoms with Crippen molar-refractivity contribution in [3.05, 3.63) is 109 Å². The van der Waals surface area contributed by atoms with E-state index >= 15 is 0 Å². The van der Waals surface area contributed by atoms with Crippen LogP contribution in [-0.2, 0) is 27.9 Å². The Morgan fingerprint density at radius 2 is 1.00 bits per heavy atom. The number of unbranched alkanes of at least 4 members (excludes halogenated alkanes) is 20. The first-order valence-corrected chi connectivity index (χ1v) is 28.8. The molecule has 0 aliphatic carbocycles. The minimum Gasteiger partial charge on any atom is -0.456 e. The molecule has 0 fully saturated rings. The minimum absolute atomic E-state index is 0.0249. The number of esters is 1. The lowest BCUT2D eigenvalue weighted by molar-refractivity contribution is -0.870. The molecule has 0 aliphatic heterocycles. The zero-order valence-corrected chi connectivity index (χ0v) is 45.7. The van der Waals surface area contributed by atoms with Gasteiger partial charge in [0, 0.05) is 12.8 Å². The summed E-state index contributed by atoms with van der Waals surface area (Å²) in [6.45, 7) is 6.69. The van der Waals surface area contributed by atoms with E-state index in [0.717, 1.165) is 89.9 Å². The molecule has 0 aromatic heterocycles. The molecule has 0 bridgehead atoms. The highest BCUT2D eigenvalue weighted by atomic mass is 31.2. The molecule has 0 aromatic carbocycles. The number of ether oxygens (including phenoxy) is 1. The zero-order chi connectivity index (χ0) is 50.8. The number of phosphoric ester groups is 1. The summed E-state index contributed by atoms with van der Waals surface area (Å²) in [5.41, 5.74) is 0. The molecule has 0 spiro atoms. The molecular formula is C59H102N2O7P+. The average molecular weight is 982 g/mol. The molecule has 9 nitrogen and oxygen atoms in total. The Labute approximate surface area is 423 Å². The molecular weight excluding hydrogens is 880 g/mol. The van der Waals surface area contributed by atoms with Crippen molar-refractivity contribution in [3.63, 3.8) is 0 Å². The van der Waals surface area contributed by atoms with Crippen LogP contribution in [0.5, 0.6) is 0 Å². The van der Waals surface area contributed by atoms with Crippen molar-refractivity contribution in [3.8, 4) is 0 Å². The SMILES string of the molecule is CC\C=C/C=C/C=C/C=C\C=C\C=C\CCCCCC(=O)OC(/C=C/CCCCCCCCCCCC)C(COP(=O)(O)OCC[N+](C)(C)C)NC(=O)CCCCCCCCC/C=C/C/C=C/CC. The lowest BCUT2D eigenvalue weighted by Gasteiger charge is -2.27. The zero-order valence-electron chi connectivity index (χ0n) is 44.8. The van der Waals surface area contributed by atoms with Crippen molar-refractivity contribution in [2.24, 2.45) is 0 Å². The van der Waals surface area contributed by atoms with Crippen LogP contribution in [-0.4, -0.2) is 74.3 Å². The number of nitrogens with zero attached hydrogens (tertiary/aromatic N) is 1. The summed E-state index contributed by atoms with van der Waals surface area (Å²) in [5.74, 6) is -0.576. The van der Waals surface area contributed by atoms with Crippen molar-refractivity contribution < 1.29 is 37.3 Å². The maximum Gasteiger partial charge on any atom is 0.472 e. The number of likely N-dealkylation sites (N-methyl/N-ethyl adjacent to an activating group) is 1. The van der Waals surface area contributed by atoms with E-state index in [1.54, 1.807) is 0 Å². The first-order chi connectivity index (χ1) is 33.4. The van der Waals surface area contributed by atoms with E-state index in [1.807, 2.05) is 94.1 Å². The highest BCUT2D eigenvalue weighted by Gasteiger charge is 2.30. The highest BCUT2D eigenvalue weighted by Crippen LogP contribution is 2.43. The summed E-state index contributed by atoms with van der Waals surface area (Å²) in [5, 5.41) is 3.02. The van der Waals surface area contributed by atoms with Crippen LogP contribution >= 0.6 is 7.82 Å². The number of hydrogen-bond donors (Lipinski definition) is 2. The molecule has 0 radical (unpaired) electrons. The fraction of sp³-hybridized carbons (Fsp3) is 0.661. The van der Waals surface area contributed by atoms with Crippen molar-refractivity contribution in [2.75, 3.05) is 40.9 Å². The van der Waals surface area contributed by atoms with Crippen LogP contribution in [0.1, 0.15) is 201 Å².